The first-order chi connectivity index (χ1) is 19.2. The number of fused-ring (bicyclic) bond motifs is 2. The number of hydrogen-bond donors (Lipinski definition) is 0. The molecule has 0 aliphatic carbocycles. The van der Waals surface area contributed by atoms with Crippen molar-refractivity contribution >= 4 is 59.7 Å². The van der Waals surface area contributed by atoms with Crippen molar-refractivity contribution in [2.45, 2.75) is 0 Å². The maximum absolute atomic E-state index is 9.13. The lowest BCUT2D eigenvalue weighted by Gasteiger charge is -2.12. The number of aromatic nitrogens is 2. The van der Waals surface area contributed by atoms with Crippen LogP contribution in [0, 0.1) is 17.9 Å². The van der Waals surface area contributed by atoms with E-state index in [1.165, 1.54) is 0 Å². The molecule has 0 bridgehead atoms. The van der Waals surface area contributed by atoms with Gasteiger partial charge in [0.05, 0.1) is 40.8 Å². The van der Waals surface area contributed by atoms with Crippen LogP contribution in [0.2, 0.25) is 0 Å². The standard InChI is InChI=1S/2C14H8N2O2.2Al.O/c1-15-9-6-7-11-13(8-9)18-14(16-11)10-4-2-3-5-12(10)17;15-8-9-5-6-11-13(7-9)18-14(16-11)10-3-1-2-4-12(10)17;;;/h2-8,17H;1-7,17H;;;/q;;2*+1;/p-2. The first-order valence-electron chi connectivity index (χ1n) is 11.6. The van der Waals surface area contributed by atoms with Crippen LogP contribution < -0.4 is 7.58 Å². The molecule has 9 nitrogen and oxygen atoms in total. The van der Waals surface area contributed by atoms with Gasteiger partial charge in [0, 0.05) is 6.07 Å². The fourth-order valence-corrected chi connectivity index (χ4v) is 5.13. The van der Waals surface area contributed by atoms with Gasteiger partial charge in [-0.05, 0) is 48.5 Å². The van der Waals surface area contributed by atoms with Crippen molar-refractivity contribution in [2.24, 2.45) is 0 Å². The molecule has 0 aliphatic rings. The Balaban J connectivity index is 1.11. The number of oxazole rings is 2. The van der Waals surface area contributed by atoms with Crippen LogP contribution in [0.5, 0.6) is 11.5 Å². The zero-order valence-electron chi connectivity index (χ0n) is 20.1. The van der Waals surface area contributed by atoms with Gasteiger partial charge in [0.2, 0.25) is 11.8 Å². The minimum absolute atomic E-state index is 0.398. The Bertz CT molecular complexity index is 1770. The summed E-state index contributed by atoms with van der Waals surface area (Å²) < 4.78 is 29.4. The third-order valence-electron chi connectivity index (χ3n) is 5.71. The molecule has 182 valence electrons. The number of nitrogens with zero attached hydrogens (tertiary/aromatic N) is 4. The van der Waals surface area contributed by atoms with Gasteiger partial charge in [-0.1, -0.05) is 30.3 Å². The van der Waals surface area contributed by atoms with Crippen molar-refractivity contribution in [1.82, 2.24) is 9.97 Å². The Morgan fingerprint density at radius 1 is 0.744 bits per heavy atom. The van der Waals surface area contributed by atoms with E-state index in [1.807, 2.05) is 48.5 Å². The van der Waals surface area contributed by atoms with Crippen LogP contribution in [0.25, 0.3) is 50.0 Å². The van der Waals surface area contributed by atoms with E-state index >= 15 is 0 Å². The Morgan fingerprint density at radius 2 is 1.31 bits per heavy atom. The highest BCUT2D eigenvalue weighted by atomic mass is 27.3. The highest BCUT2D eigenvalue weighted by Crippen LogP contribution is 2.33. The first-order valence-corrected chi connectivity index (χ1v) is 13.5. The molecule has 2 heterocycles. The summed E-state index contributed by atoms with van der Waals surface area (Å²) in [7, 11) is 0. The molecule has 0 amide bonds. The molecule has 0 atom stereocenters. The van der Waals surface area contributed by atoms with Crippen molar-refractivity contribution in [1.29, 1.82) is 5.26 Å². The van der Waals surface area contributed by atoms with E-state index in [-0.39, 0.29) is 0 Å². The largest absolute Gasteiger partial charge is 0.743 e. The molecule has 2 aromatic heterocycles. The van der Waals surface area contributed by atoms with E-state index in [4.69, 9.17) is 31.1 Å². The molecule has 0 spiro atoms. The molecule has 0 aliphatic heterocycles. The van der Waals surface area contributed by atoms with Gasteiger partial charge in [-0.25, -0.2) is 14.8 Å². The van der Waals surface area contributed by atoms with Gasteiger partial charge < -0.3 is 19.3 Å². The SMILES string of the molecule is [C-]#[N+]c1ccc2nc(-c3ccccc3[O][Al][O][Al][O]c3ccccc3-c3nc4ccc(C#N)cc4o3)oc2c1. The summed E-state index contributed by atoms with van der Waals surface area (Å²) in [6, 6.07) is 27.2. The third-order valence-corrected chi connectivity index (χ3v) is 7.30. The Morgan fingerprint density at radius 3 is 1.90 bits per heavy atom. The average molecular weight is 540 g/mol. The summed E-state index contributed by atoms with van der Waals surface area (Å²) in [5.74, 6) is 1.95. The van der Waals surface area contributed by atoms with Crippen LogP contribution >= 0.6 is 0 Å². The maximum atomic E-state index is 9.13. The van der Waals surface area contributed by atoms with E-state index < -0.39 is 31.8 Å². The van der Waals surface area contributed by atoms with Gasteiger partial charge >= 0.3 is 31.8 Å². The summed E-state index contributed by atoms with van der Waals surface area (Å²) in [5, 5.41) is 9.13. The quantitative estimate of drug-likeness (QED) is 0.126. The molecule has 0 unspecified atom stereocenters. The molecule has 6 rings (SSSR count). The fraction of sp³-hybridized carbons (Fsp3) is 0. The van der Waals surface area contributed by atoms with Crippen molar-refractivity contribution in [3.63, 3.8) is 0 Å². The van der Waals surface area contributed by atoms with Crippen LogP contribution in [0.3, 0.4) is 0 Å². The average Bonchev–Trinajstić information content (AvgIpc) is 3.60. The van der Waals surface area contributed by atoms with Crippen LogP contribution in [0.1, 0.15) is 5.56 Å². The van der Waals surface area contributed by atoms with Gasteiger partial charge in [0.1, 0.15) is 16.6 Å². The van der Waals surface area contributed by atoms with Gasteiger partial charge in [-0.3, -0.25) is 0 Å². The molecule has 11 heteroatoms. The normalized spacial score (nSPS) is 10.6. The number of para-hydroxylation sites is 2. The summed E-state index contributed by atoms with van der Waals surface area (Å²) >= 11 is -1.76. The molecule has 0 fully saturated rings. The van der Waals surface area contributed by atoms with Crippen molar-refractivity contribution < 1.29 is 19.3 Å². The number of nitriles is 1. The summed E-state index contributed by atoms with van der Waals surface area (Å²) in [5.41, 5.74) is 4.75. The number of hydrogen-bond acceptors (Lipinski definition) is 8. The van der Waals surface area contributed by atoms with Crippen molar-refractivity contribution in [3.8, 4) is 40.5 Å². The van der Waals surface area contributed by atoms with Gasteiger partial charge in [-0.2, -0.15) is 5.26 Å². The topological polar surface area (TPSA) is 108 Å². The van der Waals surface area contributed by atoms with E-state index in [0.29, 0.717) is 67.9 Å². The zero-order valence-corrected chi connectivity index (χ0v) is 22.4. The molecular weight excluding hydrogens is 526 g/mol. The first kappa shape index (κ1) is 24.7. The maximum Gasteiger partial charge on any atom is 0.743 e. The lowest BCUT2D eigenvalue weighted by Crippen LogP contribution is -2.16. The van der Waals surface area contributed by atoms with E-state index in [1.54, 1.807) is 36.4 Å². The molecular formula is C28H14Al2N4O5. The molecule has 4 aromatic carbocycles. The molecule has 6 aromatic rings. The predicted octanol–water partition coefficient (Wildman–Crippen LogP) is 6.27. The summed E-state index contributed by atoms with van der Waals surface area (Å²) in [4.78, 5) is 12.5. The Hall–Kier alpha value is -4.58. The molecule has 0 N–H and O–H groups in total. The van der Waals surface area contributed by atoms with E-state index in [2.05, 4.69) is 20.9 Å². The van der Waals surface area contributed by atoms with Gasteiger partial charge in [-0.15, -0.1) is 0 Å². The monoisotopic (exact) mass is 540 g/mol. The fourth-order valence-electron chi connectivity index (χ4n) is 3.88. The lowest BCUT2D eigenvalue weighted by molar-refractivity contribution is 0.417. The molecule has 2 radical (unpaired) electrons. The van der Waals surface area contributed by atoms with E-state index in [0.717, 1.165) is 0 Å². The summed E-state index contributed by atoms with van der Waals surface area (Å²) in [6.45, 7) is 7.19. The van der Waals surface area contributed by atoms with Crippen LogP contribution in [0.4, 0.5) is 5.69 Å². The number of benzene rings is 4. The van der Waals surface area contributed by atoms with Gasteiger partial charge in [0.15, 0.2) is 11.3 Å². The molecule has 0 saturated carbocycles. The second-order valence-corrected chi connectivity index (χ2v) is 10.1. The van der Waals surface area contributed by atoms with Crippen LogP contribution in [-0.2, 0) is 2.84 Å². The lowest BCUT2D eigenvalue weighted by atomic mass is 10.2. The number of rotatable bonds is 8. The van der Waals surface area contributed by atoms with Crippen molar-refractivity contribution in [3.05, 3.63) is 102 Å². The predicted molar refractivity (Wildman–Crippen MR) is 144 cm³/mol. The second kappa shape index (κ2) is 11.0. The van der Waals surface area contributed by atoms with Crippen molar-refractivity contribution in [2.75, 3.05) is 0 Å². The minimum atomic E-state index is -0.881. The molecule has 39 heavy (non-hydrogen) atoms. The van der Waals surface area contributed by atoms with Crippen LogP contribution in [-0.4, -0.2) is 41.7 Å². The second-order valence-electron chi connectivity index (χ2n) is 8.15. The Labute approximate surface area is 235 Å². The van der Waals surface area contributed by atoms with Gasteiger partial charge in [0.25, 0.3) is 0 Å². The highest BCUT2D eigenvalue weighted by Gasteiger charge is 2.17. The minimum Gasteiger partial charge on any atom is -0.627 e. The third kappa shape index (κ3) is 5.23. The zero-order chi connectivity index (χ0) is 26.6. The smallest absolute Gasteiger partial charge is 0.627 e. The van der Waals surface area contributed by atoms with Crippen LogP contribution in [0.15, 0.2) is 93.8 Å². The molecule has 0 saturated heterocycles. The summed E-state index contributed by atoms with van der Waals surface area (Å²) in [6.07, 6.45) is 0. The highest BCUT2D eigenvalue weighted by molar-refractivity contribution is 6.35. The Kier molecular flexibility index (Phi) is 7.00. The van der Waals surface area contributed by atoms with E-state index in [9.17, 15) is 0 Å².